The van der Waals surface area contributed by atoms with Gasteiger partial charge in [-0.05, 0) is 25.7 Å². The number of ether oxygens (including phenoxy) is 1. The zero-order chi connectivity index (χ0) is 12.8. The van der Waals surface area contributed by atoms with E-state index in [9.17, 15) is 9.90 Å². The van der Waals surface area contributed by atoms with Gasteiger partial charge in [0.15, 0.2) is 0 Å². The molecule has 1 aliphatic carbocycles. The average Bonchev–Trinajstić information content (AvgIpc) is 3.10. The first kappa shape index (κ1) is 12.0. The van der Waals surface area contributed by atoms with Crippen molar-refractivity contribution in [3.63, 3.8) is 0 Å². The molecule has 4 heteroatoms. The van der Waals surface area contributed by atoms with Crippen molar-refractivity contribution in [3.8, 4) is 0 Å². The van der Waals surface area contributed by atoms with Crippen molar-refractivity contribution < 1.29 is 14.6 Å². The lowest BCUT2D eigenvalue weighted by molar-refractivity contribution is -0.127. The molecule has 1 saturated heterocycles. The highest BCUT2D eigenvalue weighted by atomic mass is 16.5. The Morgan fingerprint density at radius 1 is 1.56 bits per heavy atom. The van der Waals surface area contributed by atoms with Gasteiger partial charge in [0.05, 0.1) is 18.3 Å². The van der Waals surface area contributed by atoms with E-state index in [1.54, 1.807) is 0 Å². The molecule has 18 heavy (non-hydrogen) atoms. The third-order valence-corrected chi connectivity index (χ3v) is 4.55. The van der Waals surface area contributed by atoms with E-state index in [4.69, 9.17) is 4.74 Å². The highest BCUT2D eigenvalue weighted by Crippen LogP contribution is 2.53. The topological polar surface area (TPSA) is 49.8 Å². The molecule has 1 unspecified atom stereocenters. The van der Waals surface area contributed by atoms with Gasteiger partial charge in [0.1, 0.15) is 5.76 Å². The quantitative estimate of drug-likeness (QED) is 0.808. The lowest BCUT2D eigenvalue weighted by atomic mass is 10.0. The predicted molar refractivity (Wildman–Crippen MR) is 66.8 cm³/mol. The minimum absolute atomic E-state index is 0.0398. The Kier molecular flexibility index (Phi) is 2.85. The lowest BCUT2D eigenvalue weighted by Crippen LogP contribution is -2.32. The van der Waals surface area contributed by atoms with Crippen LogP contribution in [0.25, 0.3) is 0 Å². The molecule has 2 aliphatic heterocycles. The molecule has 1 atom stereocenters. The number of likely N-dealkylation sites (tertiary alicyclic amines) is 1. The van der Waals surface area contributed by atoms with Crippen LogP contribution in [0.5, 0.6) is 0 Å². The van der Waals surface area contributed by atoms with Crippen LogP contribution in [0, 0.1) is 5.41 Å². The normalized spacial score (nSPS) is 29.7. The molecular weight excluding hydrogens is 230 g/mol. The number of aliphatic hydroxyl groups is 1. The van der Waals surface area contributed by atoms with Crippen molar-refractivity contribution in [1.29, 1.82) is 0 Å². The minimum atomic E-state index is -0.323. The maximum atomic E-state index is 12.5. The van der Waals surface area contributed by atoms with Crippen LogP contribution in [0.3, 0.4) is 0 Å². The molecule has 1 spiro atoms. The van der Waals surface area contributed by atoms with Crippen molar-refractivity contribution in [3.05, 3.63) is 11.3 Å². The van der Waals surface area contributed by atoms with Gasteiger partial charge in [-0.1, -0.05) is 6.92 Å². The maximum absolute atomic E-state index is 12.5. The van der Waals surface area contributed by atoms with Gasteiger partial charge in [-0.2, -0.15) is 0 Å². The second-order valence-electron chi connectivity index (χ2n) is 5.77. The van der Waals surface area contributed by atoms with Crippen LogP contribution in [-0.2, 0) is 9.53 Å². The Labute approximate surface area is 108 Å². The number of rotatable bonds is 2. The first-order valence-corrected chi connectivity index (χ1v) is 6.98. The van der Waals surface area contributed by atoms with Gasteiger partial charge in [-0.3, -0.25) is 4.79 Å². The third kappa shape index (κ3) is 1.83. The third-order valence-electron chi connectivity index (χ3n) is 4.55. The molecule has 100 valence electrons. The number of hydrogen-bond donors (Lipinski definition) is 1. The number of nitrogens with zero attached hydrogens (tertiary/aromatic N) is 1. The van der Waals surface area contributed by atoms with E-state index >= 15 is 0 Å². The van der Waals surface area contributed by atoms with Crippen molar-refractivity contribution in [1.82, 2.24) is 4.90 Å². The zero-order valence-electron chi connectivity index (χ0n) is 10.9. The van der Waals surface area contributed by atoms with Crippen LogP contribution in [0.4, 0.5) is 0 Å². The monoisotopic (exact) mass is 251 g/mol. The first-order valence-electron chi connectivity index (χ1n) is 6.98. The van der Waals surface area contributed by atoms with Gasteiger partial charge >= 0.3 is 0 Å². The number of aliphatic hydroxyl groups excluding tert-OH is 1. The summed E-state index contributed by atoms with van der Waals surface area (Å²) in [5, 5.41) is 10.0. The second-order valence-corrected chi connectivity index (χ2v) is 5.77. The highest BCUT2D eigenvalue weighted by molar-refractivity contribution is 5.94. The van der Waals surface area contributed by atoms with E-state index in [-0.39, 0.29) is 17.4 Å². The number of allylic oxidation sites excluding steroid dienone is 1. The molecule has 0 aromatic carbocycles. The fourth-order valence-corrected chi connectivity index (χ4v) is 3.16. The SMILES string of the molecule is CCC1=C(C(=O)N2CC(O)C3(CC3)C2)CCCO1. The molecule has 1 amide bonds. The molecule has 0 aromatic heterocycles. The smallest absolute Gasteiger partial charge is 0.253 e. The van der Waals surface area contributed by atoms with Gasteiger partial charge in [0.25, 0.3) is 5.91 Å². The molecule has 3 aliphatic rings. The number of hydrogen-bond acceptors (Lipinski definition) is 3. The summed E-state index contributed by atoms with van der Waals surface area (Å²) in [5.74, 6) is 0.951. The highest BCUT2D eigenvalue weighted by Gasteiger charge is 2.55. The molecule has 1 saturated carbocycles. The van der Waals surface area contributed by atoms with Crippen LogP contribution in [0.15, 0.2) is 11.3 Å². The molecule has 1 N–H and O–H groups in total. The van der Waals surface area contributed by atoms with Crippen molar-refractivity contribution >= 4 is 5.91 Å². The number of amides is 1. The molecular formula is C14H21NO3. The summed E-state index contributed by atoms with van der Waals surface area (Å²) < 4.78 is 5.58. The van der Waals surface area contributed by atoms with Gasteiger partial charge < -0.3 is 14.7 Å². The Bertz CT molecular complexity index is 398. The summed E-state index contributed by atoms with van der Waals surface area (Å²) in [6.07, 6.45) is 4.33. The maximum Gasteiger partial charge on any atom is 0.253 e. The van der Waals surface area contributed by atoms with Gasteiger partial charge in [-0.15, -0.1) is 0 Å². The van der Waals surface area contributed by atoms with E-state index in [0.29, 0.717) is 6.54 Å². The fraction of sp³-hybridized carbons (Fsp3) is 0.786. The molecule has 4 nitrogen and oxygen atoms in total. The number of carbonyl (C=O) groups excluding carboxylic acids is 1. The number of β-amino-alcohol motifs (C(OH)–C–C–N with tert-alkyl or cyclic N) is 1. The lowest BCUT2D eigenvalue weighted by Gasteiger charge is -2.24. The summed E-state index contributed by atoms with van der Waals surface area (Å²) in [6, 6.07) is 0. The van der Waals surface area contributed by atoms with Crippen LogP contribution in [0.2, 0.25) is 0 Å². The largest absolute Gasteiger partial charge is 0.497 e. The fourth-order valence-electron chi connectivity index (χ4n) is 3.16. The van der Waals surface area contributed by atoms with E-state index in [2.05, 4.69) is 0 Å². The van der Waals surface area contributed by atoms with E-state index < -0.39 is 0 Å². The summed E-state index contributed by atoms with van der Waals surface area (Å²) in [5.41, 5.74) is 0.881. The standard InChI is InChI=1S/C14H21NO3/c1-2-11-10(4-3-7-18-11)13(17)15-8-12(16)14(9-15)5-6-14/h12,16H,2-9H2,1H3. The van der Waals surface area contributed by atoms with Crippen LogP contribution < -0.4 is 0 Å². The average molecular weight is 251 g/mol. The minimum Gasteiger partial charge on any atom is -0.497 e. The molecule has 2 fully saturated rings. The van der Waals surface area contributed by atoms with Crippen LogP contribution >= 0.6 is 0 Å². The van der Waals surface area contributed by atoms with Crippen molar-refractivity contribution in [2.24, 2.45) is 5.41 Å². The zero-order valence-corrected chi connectivity index (χ0v) is 10.9. The van der Waals surface area contributed by atoms with E-state index in [0.717, 1.165) is 56.6 Å². The van der Waals surface area contributed by atoms with Crippen LogP contribution in [0.1, 0.15) is 39.0 Å². The van der Waals surface area contributed by atoms with E-state index in [1.807, 2.05) is 11.8 Å². The molecule has 0 bridgehead atoms. The Morgan fingerprint density at radius 3 is 2.94 bits per heavy atom. The number of carbonyl (C=O) groups is 1. The van der Waals surface area contributed by atoms with Gasteiger partial charge in [-0.25, -0.2) is 0 Å². The Balaban J connectivity index is 1.76. The summed E-state index contributed by atoms with van der Waals surface area (Å²) in [6.45, 7) is 3.98. The molecule has 2 heterocycles. The first-order chi connectivity index (χ1) is 8.66. The summed E-state index contributed by atoms with van der Waals surface area (Å²) >= 11 is 0. The second kappa shape index (κ2) is 4.26. The van der Waals surface area contributed by atoms with Crippen molar-refractivity contribution in [2.45, 2.75) is 45.1 Å². The predicted octanol–water partition coefficient (Wildman–Crippen LogP) is 1.44. The Hall–Kier alpha value is -1.03. The van der Waals surface area contributed by atoms with Crippen LogP contribution in [-0.4, -0.2) is 41.7 Å². The molecule has 3 rings (SSSR count). The van der Waals surface area contributed by atoms with Crippen molar-refractivity contribution in [2.75, 3.05) is 19.7 Å². The molecule has 0 radical (unpaired) electrons. The molecule has 0 aromatic rings. The Morgan fingerprint density at radius 2 is 2.33 bits per heavy atom. The van der Waals surface area contributed by atoms with Gasteiger partial charge in [0, 0.05) is 24.9 Å². The van der Waals surface area contributed by atoms with E-state index in [1.165, 1.54) is 0 Å². The summed E-state index contributed by atoms with van der Waals surface area (Å²) in [4.78, 5) is 14.3. The summed E-state index contributed by atoms with van der Waals surface area (Å²) in [7, 11) is 0. The van der Waals surface area contributed by atoms with Gasteiger partial charge in [0.2, 0.25) is 0 Å².